The van der Waals surface area contributed by atoms with Gasteiger partial charge in [-0.2, -0.15) is 0 Å². The summed E-state index contributed by atoms with van der Waals surface area (Å²) in [5.41, 5.74) is 3.27. The second-order valence-electron chi connectivity index (χ2n) is 6.35. The van der Waals surface area contributed by atoms with E-state index in [2.05, 4.69) is 10.6 Å². The van der Waals surface area contributed by atoms with E-state index in [9.17, 15) is 9.59 Å². The minimum atomic E-state index is -0.436. The fourth-order valence-corrected chi connectivity index (χ4v) is 2.47. The molecule has 1 aliphatic rings. The van der Waals surface area contributed by atoms with Gasteiger partial charge >= 0.3 is 6.03 Å². The van der Waals surface area contributed by atoms with E-state index in [4.69, 9.17) is 0 Å². The van der Waals surface area contributed by atoms with Crippen LogP contribution in [0.2, 0.25) is 0 Å². The van der Waals surface area contributed by atoms with Gasteiger partial charge in [-0.15, -0.1) is 0 Å². The molecule has 0 bridgehead atoms. The Labute approximate surface area is 132 Å². The average Bonchev–Trinajstić information content (AvgIpc) is 2.81. The Hall–Kier alpha value is -2.04. The molecule has 1 aromatic rings. The molecule has 0 spiro atoms. The first kappa shape index (κ1) is 16.3. The number of benzene rings is 1. The highest BCUT2D eigenvalue weighted by atomic mass is 16.2. The Balaban J connectivity index is 1.97. The van der Waals surface area contributed by atoms with Crippen LogP contribution >= 0.6 is 0 Å². The summed E-state index contributed by atoms with van der Waals surface area (Å²) in [7, 11) is 0. The maximum absolute atomic E-state index is 12.5. The van der Waals surface area contributed by atoms with Crippen LogP contribution in [-0.2, 0) is 4.79 Å². The Bertz CT molecular complexity index is 569. The zero-order chi connectivity index (χ0) is 16.3. The molecule has 5 heteroatoms. The first-order chi connectivity index (χ1) is 10.4. The summed E-state index contributed by atoms with van der Waals surface area (Å²) >= 11 is 0. The molecular formula is C17H25N3O2. The number of carbonyl (C=O) groups excluding carboxylic acids is 2. The van der Waals surface area contributed by atoms with Crippen LogP contribution in [0.4, 0.5) is 10.5 Å². The molecule has 2 N–H and O–H groups in total. The van der Waals surface area contributed by atoms with E-state index >= 15 is 0 Å². The minimum Gasteiger partial charge on any atom is -0.338 e. The number of rotatable bonds is 4. The Morgan fingerprint density at radius 3 is 2.68 bits per heavy atom. The molecule has 22 heavy (non-hydrogen) atoms. The summed E-state index contributed by atoms with van der Waals surface area (Å²) in [5, 5.41) is 5.55. The zero-order valence-electron chi connectivity index (χ0n) is 13.8. The highest BCUT2D eigenvalue weighted by Crippen LogP contribution is 2.24. The van der Waals surface area contributed by atoms with Crippen LogP contribution in [0.1, 0.15) is 31.4 Å². The highest BCUT2D eigenvalue weighted by molar-refractivity contribution is 6.01. The number of amides is 3. The van der Waals surface area contributed by atoms with Gasteiger partial charge in [-0.05, 0) is 49.4 Å². The summed E-state index contributed by atoms with van der Waals surface area (Å²) in [6.07, 6.45) is 0.640. The maximum atomic E-state index is 12.5. The molecule has 1 atom stereocenters. The summed E-state index contributed by atoms with van der Waals surface area (Å²) in [6, 6.07) is 5.30. The highest BCUT2D eigenvalue weighted by Gasteiger charge is 2.33. The molecule has 3 amide bonds. The van der Waals surface area contributed by atoms with Crippen molar-refractivity contribution in [2.24, 2.45) is 5.92 Å². The summed E-state index contributed by atoms with van der Waals surface area (Å²) < 4.78 is 0. The largest absolute Gasteiger partial charge is 0.338 e. The predicted molar refractivity (Wildman–Crippen MR) is 88.0 cm³/mol. The van der Waals surface area contributed by atoms with Crippen molar-refractivity contribution in [3.05, 3.63) is 29.3 Å². The number of anilines is 1. The average molecular weight is 303 g/mol. The van der Waals surface area contributed by atoms with Gasteiger partial charge in [0.15, 0.2) is 0 Å². The van der Waals surface area contributed by atoms with Crippen LogP contribution in [0.25, 0.3) is 0 Å². The molecule has 1 heterocycles. The van der Waals surface area contributed by atoms with E-state index < -0.39 is 6.04 Å². The molecule has 0 aliphatic carbocycles. The normalized spacial score (nSPS) is 18.0. The predicted octanol–water partition coefficient (Wildman–Crippen LogP) is 2.36. The van der Waals surface area contributed by atoms with Crippen LogP contribution in [0.3, 0.4) is 0 Å². The third-order valence-electron chi connectivity index (χ3n) is 3.98. The van der Waals surface area contributed by atoms with Gasteiger partial charge in [-0.1, -0.05) is 19.9 Å². The van der Waals surface area contributed by atoms with Crippen molar-refractivity contribution >= 4 is 17.6 Å². The van der Waals surface area contributed by atoms with Gasteiger partial charge in [0, 0.05) is 18.8 Å². The molecule has 1 aromatic carbocycles. The van der Waals surface area contributed by atoms with Gasteiger partial charge in [0.2, 0.25) is 5.91 Å². The summed E-state index contributed by atoms with van der Waals surface area (Å²) in [5.74, 6) is 0.347. The molecule has 1 unspecified atom stereocenters. The lowest BCUT2D eigenvalue weighted by Gasteiger charge is -2.18. The van der Waals surface area contributed by atoms with E-state index in [1.54, 1.807) is 4.90 Å². The SMILES string of the molecule is Cc1ccc(N2CCC(NC(=O)NCC(C)C)C2=O)cc1C. The maximum Gasteiger partial charge on any atom is 0.315 e. The van der Waals surface area contributed by atoms with Crippen molar-refractivity contribution in [1.82, 2.24) is 10.6 Å². The van der Waals surface area contributed by atoms with Crippen molar-refractivity contribution in [3.8, 4) is 0 Å². The fourth-order valence-electron chi connectivity index (χ4n) is 2.47. The second-order valence-corrected chi connectivity index (χ2v) is 6.35. The van der Waals surface area contributed by atoms with E-state index in [0.29, 0.717) is 25.4 Å². The first-order valence-corrected chi connectivity index (χ1v) is 7.81. The minimum absolute atomic E-state index is 0.0389. The van der Waals surface area contributed by atoms with E-state index in [1.165, 1.54) is 5.56 Å². The Morgan fingerprint density at radius 1 is 1.32 bits per heavy atom. The standard InChI is InChI=1S/C17H25N3O2/c1-11(2)10-18-17(22)19-15-7-8-20(16(15)21)14-6-5-12(3)13(4)9-14/h5-6,9,11,15H,7-8,10H2,1-4H3,(H2,18,19,22). The molecule has 120 valence electrons. The molecule has 0 radical (unpaired) electrons. The lowest BCUT2D eigenvalue weighted by atomic mass is 10.1. The Kier molecular flexibility index (Phi) is 5.06. The van der Waals surface area contributed by atoms with Crippen LogP contribution < -0.4 is 15.5 Å². The van der Waals surface area contributed by atoms with E-state index in [-0.39, 0.29) is 11.9 Å². The molecule has 0 saturated carbocycles. The molecule has 1 saturated heterocycles. The number of hydrogen-bond acceptors (Lipinski definition) is 2. The monoisotopic (exact) mass is 303 g/mol. The molecule has 0 aromatic heterocycles. The third kappa shape index (κ3) is 3.78. The summed E-state index contributed by atoms with van der Waals surface area (Å²) in [6.45, 7) is 9.39. The van der Waals surface area contributed by atoms with E-state index in [1.807, 2.05) is 45.9 Å². The van der Waals surface area contributed by atoms with Gasteiger partial charge in [-0.3, -0.25) is 4.79 Å². The van der Waals surface area contributed by atoms with Crippen LogP contribution in [0, 0.1) is 19.8 Å². The van der Waals surface area contributed by atoms with Gasteiger partial charge in [-0.25, -0.2) is 4.79 Å². The van der Waals surface area contributed by atoms with Crippen molar-refractivity contribution in [3.63, 3.8) is 0 Å². The number of carbonyl (C=O) groups is 2. The number of nitrogens with zero attached hydrogens (tertiary/aromatic N) is 1. The van der Waals surface area contributed by atoms with Gasteiger partial charge < -0.3 is 15.5 Å². The molecule has 1 fully saturated rings. The fraction of sp³-hybridized carbons (Fsp3) is 0.529. The first-order valence-electron chi connectivity index (χ1n) is 7.81. The molecular weight excluding hydrogens is 278 g/mol. The third-order valence-corrected chi connectivity index (χ3v) is 3.98. The molecule has 1 aliphatic heterocycles. The van der Waals surface area contributed by atoms with Gasteiger partial charge in [0.1, 0.15) is 6.04 Å². The zero-order valence-corrected chi connectivity index (χ0v) is 13.8. The van der Waals surface area contributed by atoms with Crippen LogP contribution in [-0.4, -0.2) is 31.1 Å². The Morgan fingerprint density at radius 2 is 2.05 bits per heavy atom. The smallest absolute Gasteiger partial charge is 0.315 e. The molecule has 5 nitrogen and oxygen atoms in total. The lowest BCUT2D eigenvalue weighted by molar-refractivity contribution is -0.118. The van der Waals surface area contributed by atoms with E-state index in [0.717, 1.165) is 11.3 Å². The number of hydrogen-bond donors (Lipinski definition) is 2. The van der Waals surface area contributed by atoms with Gasteiger partial charge in [0.25, 0.3) is 0 Å². The second kappa shape index (κ2) is 6.81. The van der Waals surface area contributed by atoms with Crippen molar-refractivity contribution < 1.29 is 9.59 Å². The number of nitrogens with one attached hydrogen (secondary N) is 2. The van der Waals surface area contributed by atoms with Crippen LogP contribution in [0.15, 0.2) is 18.2 Å². The number of urea groups is 1. The van der Waals surface area contributed by atoms with Crippen molar-refractivity contribution in [1.29, 1.82) is 0 Å². The summed E-state index contributed by atoms with van der Waals surface area (Å²) in [4.78, 5) is 26.0. The topological polar surface area (TPSA) is 61.4 Å². The lowest BCUT2D eigenvalue weighted by Crippen LogP contribution is -2.46. The van der Waals surface area contributed by atoms with Crippen molar-refractivity contribution in [2.45, 2.75) is 40.2 Å². The van der Waals surface area contributed by atoms with Crippen LogP contribution in [0.5, 0.6) is 0 Å². The van der Waals surface area contributed by atoms with Gasteiger partial charge in [0.05, 0.1) is 0 Å². The molecule has 2 rings (SSSR count). The quantitative estimate of drug-likeness (QED) is 0.897. The number of aryl methyl sites for hydroxylation is 2. The van der Waals surface area contributed by atoms with Crippen molar-refractivity contribution in [2.75, 3.05) is 18.0 Å².